The highest BCUT2D eigenvalue weighted by Crippen LogP contribution is 2.68. The van der Waals surface area contributed by atoms with Gasteiger partial charge in [0.2, 0.25) is 4.99 Å². The maximum absolute atomic E-state index is 13.4. The average molecular weight is 538 g/mol. The molecule has 0 N–H and O–H groups in total. The molecule has 2 heterocycles. The van der Waals surface area contributed by atoms with Gasteiger partial charge in [-0.15, -0.1) is 5.10 Å². The molecule has 0 aliphatic carbocycles. The van der Waals surface area contributed by atoms with Crippen LogP contribution >= 0.6 is 11.8 Å². The molecule has 0 fully saturated rings. The predicted octanol–water partition coefficient (Wildman–Crippen LogP) is 7.76. The van der Waals surface area contributed by atoms with E-state index in [1.54, 1.807) is 6.92 Å². The van der Waals surface area contributed by atoms with Crippen molar-refractivity contribution in [1.82, 2.24) is 0 Å². The second-order valence-corrected chi connectivity index (χ2v) is 11.4. The van der Waals surface area contributed by atoms with Crippen LogP contribution in [0.25, 0.3) is 0 Å². The van der Waals surface area contributed by atoms with Crippen LogP contribution in [-0.2, 0) is 14.5 Å². The number of Topliss-reactive ketones (excluding diaryl/α,β-unsaturated/α-hetero) is 1. The second-order valence-electron chi connectivity index (χ2n) is 9.97. The van der Waals surface area contributed by atoms with Crippen LogP contribution in [0, 0.1) is 0 Å². The number of rotatable bonds is 5. The summed E-state index contributed by atoms with van der Waals surface area (Å²) in [5, 5.41) is 7.16. The van der Waals surface area contributed by atoms with Crippen molar-refractivity contribution in [1.29, 1.82) is 0 Å². The maximum Gasteiger partial charge on any atom is 0.216 e. The lowest BCUT2D eigenvalue weighted by atomic mass is 9.81. The highest BCUT2D eigenvalue weighted by atomic mass is 32.2. The van der Waals surface area contributed by atoms with Gasteiger partial charge in [-0.05, 0) is 41.0 Å². The molecule has 5 aromatic carbocycles. The Bertz CT molecular complexity index is 1670. The summed E-state index contributed by atoms with van der Waals surface area (Å²) < 4.78 is -0.569. The van der Waals surface area contributed by atoms with Gasteiger partial charge in [0.1, 0.15) is 0 Å². The quantitative estimate of drug-likeness (QED) is 0.230. The van der Waals surface area contributed by atoms with Crippen LogP contribution in [0.15, 0.2) is 151 Å². The molecule has 0 aromatic heterocycles. The molecule has 0 saturated carbocycles. The van der Waals surface area contributed by atoms with Crippen molar-refractivity contribution in [2.45, 2.75) is 16.7 Å². The minimum atomic E-state index is -0.883. The summed E-state index contributed by atoms with van der Waals surface area (Å²) in [7, 11) is 0. The van der Waals surface area contributed by atoms with Crippen LogP contribution in [0.1, 0.15) is 29.2 Å². The Hall–Kier alpha value is -4.61. The summed E-state index contributed by atoms with van der Waals surface area (Å²) in [6, 6.07) is 50.3. The number of hydrazone groups is 1. The number of hydrogen-bond acceptors (Lipinski definition) is 5. The molecule has 1 atom stereocenters. The second kappa shape index (κ2) is 9.54. The van der Waals surface area contributed by atoms with Gasteiger partial charge in [-0.1, -0.05) is 133 Å². The van der Waals surface area contributed by atoms with Gasteiger partial charge in [0.15, 0.2) is 11.6 Å². The van der Waals surface area contributed by atoms with Crippen LogP contribution in [0.5, 0.6) is 0 Å². The molecular formula is C35H27N3OS. The summed E-state index contributed by atoms with van der Waals surface area (Å²) >= 11 is 1.82. The number of nitrogens with zero attached hydrogens (tertiary/aromatic N) is 3. The number of carbonyl (C=O) groups is 1. The predicted molar refractivity (Wildman–Crippen MR) is 164 cm³/mol. The lowest BCUT2D eigenvalue weighted by Gasteiger charge is -2.43. The first-order valence-electron chi connectivity index (χ1n) is 13.4. The molecule has 0 saturated heterocycles. The van der Waals surface area contributed by atoms with E-state index in [1.807, 2.05) is 53.2 Å². The molecule has 194 valence electrons. The first kappa shape index (κ1) is 24.4. The number of carbonyl (C=O) groups excluding carboxylic acids is 1. The zero-order valence-electron chi connectivity index (χ0n) is 22.0. The Morgan fingerprint density at radius 3 is 1.57 bits per heavy atom. The monoisotopic (exact) mass is 537 g/mol. The molecule has 1 unspecified atom stereocenters. The molecule has 1 spiro atoms. The number of ketones is 1. The van der Waals surface area contributed by atoms with Gasteiger partial charge in [0, 0.05) is 18.2 Å². The van der Waals surface area contributed by atoms with Crippen LogP contribution in [0.2, 0.25) is 0 Å². The Labute approximate surface area is 238 Å². The van der Waals surface area contributed by atoms with Crippen molar-refractivity contribution in [3.8, 4) is 0 Å². The van der Waals surface area contributed by atoms with Crippen molar-refractivity contribution < 1.29 is 4.79 Å². The smallest absolute Gasteiger partial charge is 0.216 e. The lowest BCUT2D eigenvalue weighted by molar-refractivity contribution is -0.111. The number of anilines is 2. The van der Waals surface area contributed by atoms with E-state index >= 15 is 0 Å². The number of thioether (sulfide) groups is 1. The van der Waals surface area contributed by atoms with Crippen molar-refractivity contribution in [3.05, 3.63) is 168 Å². The van der Waals surface area contributed by atoms with Gasteiger partial charge in [-0.25, -0.2) is 5.01 Å². The molecule has 0 radical (unpaired) electrons. The summed E-state index contributed by atoms with van der Waals surface area (Å²) in [5.41, 5.74) is 6.45. The van der Waals surface area contributed by atoms with Gasteiger partial charge in [-0.3, -0.25) is 9.69 Å². The number of amidine groups is 1. The Balaban J connectivity index is 1.60. The number of benzene rings is 5. The topological polar surface area (TPSA) is 35.9 Å². The zero-order chi connectivity index (χ0) is 27.2. The summed E-state index contributed by atoms with van der Waals surface area (Å²) in [5.74, 6) is 0.325. The van der Waals surface area contributed by atoms with Crippen molar-refractivity contribution in [2.24, 2.45) is 5.10 Å². The van der Waals surface area contributed by atoms with E-state index in [9.17, 15) is 4.79 Å². The fraction of sp³-hybridized carbons (Fsp3) is 0.0857. The van der Waals surface area contributed by atoms with E-state index in [2.05, 4.69) is 114 Å². The van der Waals surface area contributed by atoms with E-state index in [0.29, 0.717) is 5.84 Å². The van der Waals surface area contributed by atoms with Crippen LogP contribution in [-0.4, -0.2) is 11.6 Å². The van der Waals surface area contributed by atoms with E-state index < -0.39 is 9.74 Å². The van der Waals surface area contributed by atoms with Gasteiger partial charge >= 0.3 is 0 Å². The normalized spacial score (nSPS) is 19.0. The number of fused-ring (bicyclic) bond motifs is 2. The van der Waals surface area contributed by atoms with Gasteiger partial charge in [0.05, 0.1) is 10.4 Å². The van der Waals surface area contributed by atoms with Crippen LogP contribution in [0.3, 0.4) is 0 Å². The van der Waals surface area contributed by atoms with Gasteiger partial charge < -0.3 is 0 Å². The standard InChI is InChI=1S/C35H27N3OS/c1-26(39)33-36-38(30-22-12-5-13-23-30)35(37(33)29-20-10-4-11-21-29)32-25-15-14-24-31(32)34(40-35,27-16-6-2-7-17-27)28-18-8-3-9-19-28/h2-25H,1H3. The largest absolute Gasteiger partial charge is 0.291 e. The highest BCUT2D eigenvalue weighted by Gasteiger charge is 2.64. The van der Waals surface area contributed by atoms with Crippen molar-refractivity contribution >= 4 is 34.8 Å². The van der Waals surface area contributed by atoms with Crippen LogP contribution < -0.4 is 9.91 Å². The first-order valence-corrected chi connectivity index (χ1v) is 14.2. The fourth-order valence-electron chi connectivity index (χ4n) is 6.01. The van der Waals surface area contributed by atoms with Gasteiger partial charge in [0.25, 0.3) is 0 Å². The summed E-state index contributed by atoms with van der Waals surface area (Å²) in [6.45, 7) is 1.60. The van der Waals surface area contributed by atoms with Gasteiger partial charge in [-0.2, -0.15) is 0 Å². The van der Waals surface area contributed by atoms with Crippen LogP contribution in [0.4, 0.5) is 11.4 Å². The van der Waals surface area contributed by atoms with E-state index in [-0.39, 0.29) is 5.78 Å². The number of hydrogen-bond donors (Lipinski definition) is 0. The molecule has 5 aromatic rings. The molecule has 5 heteroatoms. The lowest BCUT2D eigenvalue weighted by Crippen LogP contribution is -2.51. The molecular weight excluding hydrogens is 510 g/mol. The molecule has 2 aliphatic rings. The summed E-state index contributed by atoms with van der Waals surface area (Å²) in [6.07, 6.45) is 0. The Morgan fingerprint density at radius 2 is 1.05 bits per heavy atom. The average Bonchev–Trinajstić information content (AvgIpc) is 3.53. The maximum atomic E-state index is 13.4. The number of para-hydroxylation sites is 2. The van der Waals surface area contributed by atoms with E-state index in [0.717, 1.165) is 16.9 Å². The third kappa shape index (κ3) is 3.48. The Kier molecular flexibility index (Phi) is 5.83. The van der Waals surface area contributed by atoms with E-state index in [4.69, 9.17) is 5.10 Å². The molecule has 7 rings (SSSR count). The minimum Gasteiger partial charge on any atom is -0.291 e. The molecule has 0 bridgehead atoms. The van der Waals surface area contributed by atoms with Crippen molar-refractivity contribution in [2.75, 3.05) is 9.91 Å². The summed E-state index contributed by atoms with van der Waals surface area (Å²) in [4.78, 5) is 14.6. The van der Waals surface area contributed by atoms with Crippen molar-refractivity contribution in [3.63, 3.8) is 0 Å². The third-order valence-corrected chi connectivity index (χ3v) is 9.50. The fourth-order valence-corrected chi connectivity index (χ4v) is 8.04. The third-order valence-electron chi connectivity index (χ3n) is 7.64. The molecule has 2 aliphatic heterocycles. The first-order chi connectivity index (χ1) is 19.7. The Morgan fingerprint density at radius 1 is 0.600 bits per heavy atom. The SMILES string of the molecule is CC(=O)C1=NN(c2ccccc2)C2(SC(c3ccccc3)(c3ccccc3)c3ccccc32)N1c1ccccc1. The molecule has 40 heavy (non-hydrogen) atoms. The molecule has 0 amide bonds. The zero-order valence-corrected chi connectivity index (χ0v) is 22.8. The van der Waals surface area contributed by atoms with E-state index in [1.165, 1.54) is 16.7 Å². The highest BCUT2D eigenvalue weighted by molar-refractivity contribution is 8.02. The molecule has 4 nitrogen and oxygen atoms in total. The minimum absolute atomic E-state index is 0.0864.